The van der Waals surface area contributed by atoms with Crippen LogP contribution in [0.1, 0.15) is 26.3 Å². The fraction of sp³-hybridized carbons (Fsp3) is 0.200. The van der Waals surface area contributed by atoms with Gasteiger partial charge in [0.15, 0.2) is 0 Å². The Hall–Kier alpha value is -4.00. The molecule has 32 heavy (non-hydrogen) atoms. The minimum atomic E-state index is -0.303. The molecule has 1 aliphatic rings. The lowest BCUT2D eigenvalue weighted by Crippen LogP contribution is -2.29. The van der Waals surface area contributed by atoms with Crippen molar-refractivity contribution in [3.05, 3.63) is 77.4 Å². The number of hydrogen-bond acceptors (Lipinski definition) is 5. The Morgan fingerprint density at radius 3 is 2.19 bits per heavy atom. The van der Waals surface area contributed by atoms with Gasteiger partial charge in [0.05, 0.1) is 27.0 Å². The zero-order valence-corrected chi connectivity index (χ0v) is 18.2. The number of rotatable bonds is 6. The molecule has 164 valence electrons. The van der Waals surface area contributed by atoms with Crippen LogP contribution in [-0.2, 0) is 6.42 Å². The van der Waals surface area contributed by atoms with Gasteiger partial charge in [0.2, 0.25) is 0 Å². The highest BCUT2D eigenvalue weighted by atomic mass is 16.5. The molecule has 1 aliphatic heterocycles. The summed E-state index contributed by atoms with van der Waals surface area (Å²) in [5, 5.41) is 2.87. The number of amides is 2. The molecule has 0 saturated heterocycles. The second-order valence-electron chi connectivity index (χ2n) is 7.30. The molecule has 0 unspecified atom stereocenters. The lowest BCUT2D eigenvalue weighted by molar-refractivity contribution is 0.0986. The van der Waals surface area contributed by atoms with Crippen molar-refractivity contribution in [1.29, 1.82) is 0 Å². The lowest BCUT2D eigenvalue weighted by atomic mass is 10.1. The van der Waals surface area contributed by atoms with Gasteiger partial charge in [-0.1, -0.05) is 6.07 Å². The number of hydrogen-bond donors (Lipinski definition) is 1. The molecule has 7 heteroatoms. The minimum Gasteiger partial charge on any atom is -0.497 e. The molecule has 0 bridgehead atoms. The standard InChI is InChI=1S/C25H24N2O5/c1-30-19-8-6-17(7-9-19)25(29)27-13-12-16-4-5-18(14-22(16)27)24(28)26-21-15-20(31-2)10-11-23(21)32-3/h4-11,14-15H,12-13H2,1-3H3,(H,26,28). The van der Waals surface area contributed by atoms with Crippen LogP contribution in [0.4, 0.5) is 11.4 Å². The fourth-order valence-corrected chi connectivity index (χ4v) is 3.73. The van der Waals surface area contributed by atoms with Crippen LogP contribution >= 0.6 is 0 Å². The van der Waals surface area contributed by atoms with Gasteiger partial charge in [-0.15, -0.1) is 0 Å². The Bertz CT molecular complexity index is 1160. The highest BCUT2D eigenvalue weighted by Crippen LogP contribution is 2.32. The average Bonchev–Trinajstić information content (AvgIpc) is 3.26. The van der Waals surface area contributed by atoms with E-state index in [1.807, 2.05) is 6.07 Å². The second kappa shape index (κ2) is 9.01. The third kappa shape index (κ3) is 4.09. The van der Waals surface area contributed by atoms with Crippen molar-refractivity contribution < 1.29 is 23.8 Å². The average molecular weight is 432 g/mol. The van der Waals surface area contributed by atoms with Crippen molar-refractivity contribution in [3.63, 3.8) is 0 Å². The normalized spacial score (nSPS) is 12.2. The molecule has 3 aromatic rings. The maximum absolute atomic E-state index is 13.1. The van der Waals surface area contributed by atoms with Gasteiger partial charge in [0, 0.05) is 29.4 Å². The summed E-state index contributed by atoms with van der Waals surface area (Å²) in [5.41, 5.74) is 3.29. The molecule has 0 atom stereocenters. The summed E-state index contributed by atoms with van der Waals surface area (Å²) in [7, 11) is 4.68. The van der Waals surface area contributed by atoms with E-state index in [0.717, 1.165) is 17.7 Å². The molecule has 0 radical (unpaired) electrons. The quantitative estimate of drug-likeness (QED) is 0.633. The molecule has 0 fully saturated rings. The molecule has 1 heterocycles. The summed E-state index contributed by atoms with van der Waals surface area (Å²) in [6.07, 6.45) is 0.739. The number of ether oxygens (including phenoxy) is 3. The first kappa shape index (κ1) is 21.2. The van der Waals surface area contributed by atoms with Crippen molar-refractivity contribution >= 4 is 23.2 Å². The Kier molecular flexibility index (Phi) is 5.98. The van der Waals surface area contributed by atoms with E-state index in [2.05, 4.69) is 5.32 Å². The Balaban J connectivity index is 1.58. The maximum Gasteiger partial charge on any atom is 0.258 e. The third-order valence-corrected chi connectivity index (χ3v) is 5.48. The number of carbonyl (C=O) groups excluding carboxylic acids is 2. The Morgan fingerprint density at radius 2 is 1.50 bits per heavy atom. The van der Waals surface area contributed by atoms with E-state index in [4.69, 9.17) is 14.2 Å². The lowest BCUT2D eigenvalue weighted by Gasteiger charge is -2.18. The van der Waals surface area contributed by atoms with Crippen LogP contribution in [0.2, 0.25) is 0 Å². The first-order valence-electron chi connectivity index (χ1n) is 10.2. The Labute approximate surface area is 186 Å². The molecule has 7 nitrogen and oxygen atoms in total. The van der Waals surface area contributed by atoms with Crippen LogP contribution in [0.25, 0.3) is 0 Å². The van der Waals surface area contributed by atoms with Crippen LogP contribution in [0.15, 0.2) is 60.7 Å². The second-order valence-corrected chi connectivity index (χ2v) is 7.30. The van der Waals surface area contributed by atoms with Crippen molar-refractivity contribution in [2.75, 3.05) is 38.1 Å². The molecule has 2 amide bonds. The van der Waals surface area contributed by atoms with Gasteiger partial charge in [0.1, 0.15) is 17.2 Å². The topological polar surface area (TPSA) is 77.1 Å². The minimum absolute atomic E-state index is 0.113. The van der Waals surface area contributed by atoms with E-state index in [-0.39, 0.29) is 11.8 Å². The van der Waals surface area contributed by atoms with E-state index >= 15 is 0 Å². The van der Waals surface area contributed by atoms with Gasteiger partial charge >= 0.3 is 0 Å². The first-order valence-corrected chi connectivity index (χ1v) is 10.2. The molecule has 0 spiro atoms. The number of nitrogens with one attached hydrogen (secondary N) is 1. The number of benzene rings is 3. The number of carbonyl (C=O) groups is 2. The van der Waals surface area contributed by atoms with Crippen molar-refractivity contribution in [2.24, 2.45) is 0 Å². The van der Waals surface area contributed by atoms with Crippen LogP contribution in [-0.4, -0.2) is 39.7 Å². The number of anilines is 2. The third-order valence-electron chi connectivity index (χ3n) is 5.48. The predicted octanol–water partition coefficient (Wildman–Crippen LogP) is 4.17. The van der Waals surface area contributed by atoms with Crippen molar-refractivity contribution in [1.82, 2.24) is 0 Å². The molecule has 4 rings (SSSR count). The van der Waals surface area contributed by atoms with Crippen LogP contribution in [0.3, 0.4) is 0 Å². The van der Waals surface area contributed by atoms with E-state index in [0.29, 0.717) is 40.6 Å². The van der Waals surface area contributed by atoms with Gasteiger partial charge in [-0.3, -0.25) is 9.59 Å². The van der Waals surface area contributed by atoms with Crippen molar-refractivity contribution in [2.45, 2.75) is 6.42 Å². The summed E-state index contributed by atoms with van der Waals surface area (Å²) in [6, 6.07) is 17.6. The monoisotopic (exact) mass is 432 g/mol. The zero-order valence-electron chi connectivity index (χ0n) is 18.2. The molecule has 1 N–H and O–H groups in total. The molecule has 0 aromatic heterocycles. The largest absolute Gasteiger partial charge is 0.497 e. The summed E-state index contributed by atoms with van der Waals surface area (Å²) in [6.45, 7) is 0.564. The number of nitrogens with zero attached hydrogens (tertiary/aromatic N) is 1. The smallest absolute Gasteiger partial charge is 0.258 e. The predicted molar refractivity (Wildman–Crippen MR) is 122 cm³/mol. The van der Waals surface area contributed by atoms with Crippen molar-refractivity contribution in [3.8, 4) is 17.2 Å². The highest BCUT2D eigenvalue weighted by Gasteiger charge is 2.27. The van der Waals surface area contributed by atoms with Gasteiger partial charge < -0.3 is 24.4 Å². The first-order chi connectivity index (χ1) is 15.5. The van der Waals surface area contributed by atoms with Crippen LogP contribution < -0.4 is 24.4 Å². The molecular formula is C25H24N2O5. The fourth-order valence-electron chi connectivity index (χ4n) is 3.73. The zero-order chi connectivity index (χ0) is 22.7. The Morgan fingerprint density at radius 1 is 0.812 bits per heavy atom. The number of methoxy groups -OCH3 is 3. The van der Waals surface area contributed by atoms with Crippen LogP contribution in [0, 0.1) is 0 Å². The number of fused-ring (bicyclic) bond motifs is 1. The molecular weight excluding hydrogens is 408 g/mol. The molecule has 0 saturated carbocycles. The highest BCUT2D eigenvalue weighted by molar-refractivity contribution is 6.10. The summed E-state index contributed by atoms with van der Waals surface area (Å²) in [5.74, 6) is 1.40. The van der Waals surface area contributed by atoms with E-state index in [1.165, 1.54) is 7.11 Å². The van der Waals surface area contributed by atoms with Gasteiger partial charge in [-0.05, 0) is 60.5 Å². The SMILES string of the molecule is COc1ccc(C(=O)N2CCc3ccc(C(=O)Nc4cc(OC)ccc4OC)cc32)cc1. The van der Waals surface area contributed by atoms with Gasteiger partial charge in [0.25, 0.3) is 11.8 Å². The summed E-state index contributed by atoms with van der Waals surface area (Å²) in [4.78, 5) is 27.8. The van der Waals surface area contributed by atoms with Gasteiger partial charge in [-0.25, -0.2) is 0 Å². The summed E-state index contributed by atoms with van der Waals surface area (Å²) >= 11 is 0. The van der Waals surface area contributed by atoms with Crippen LogP contribution in [0.5, 0.6) is 17.2 Å². The van der Waals surface area contributed by atoms with Gasteiger partial charge in [-0.2, -0.15) is 0 Å². The molecule has 3 aromatic carbocycles. The maximum atomic E-state index is 13.1. The van der Waals surface area contributed by atoms with E-state index in [1.54, 1.807) is 73.7 Å². The molecule has 0 aliphatic carbocycles. The van der Waals surface area contributed by atoms with E-state index < -0.39 is 0 Å². The summed E-state index contributed by atoms with van der Waals surface area (Å²) < 4.78 is 15.7. The van der Waals surface area contributed by atoms with E-state index in [9.17, 15) is 9.59 Å².